The van der Waals surface area contributed by atoms with Crippen molar-refractivity contribution in [2.24, 2.45) is 5.92 Å². The van der Waals surface area contributed by atoms with E-state index in [0.717, 1.165) is 12.0 Å². The first-order valence-corrected chi connectivity index (χ1v) is 7.01. The average molecular weight is 282 g/mol. The summed E-state index contributed by atoms with van der Waals surface area (Å²) >= 11 is 3.51. The molecule has 1 N–H and O–H groups in total. The van der Waals surface area contributed by atoms with E-state index >= 15 is 0 Å². The summed E-state index contributed by atoms with van der Waals surface area (Å²) in [6.07, 6.45) is 5.24. The maximum Gasteiger partial charge on any atom is 0.0177 e. The first-order valence-electron chi connectivity index (χ1n) is 6.22. The molecule has 0 amide bonds. The van der Waals surface area contributed by atoms with Gasteiger partial charge in [0.25, 0.3) is 0 Å². The molecule has 1 fully saturated rings. The summed E-state index contributed by atoms with van der Waals surface area (Å²) in [5.74, 6) is 0.777. The molecule has 0 radical (unpaired) electrons. The highest BCUT2D eigenvalue weighted by Gasteiger charge is 2.20. The summed E-state index contributed by atoms with van der Waals surface area (Å²) in [5, 5.41) is 3.59. The van der Waals surface area contributed by atoms with Crippen molar-refractivity contribution >= 4 is 15.9 Å². The standard InChI is InChI=1S/C14H20BrN/c1-11(10-16-14-7-8-14)5-6-12-3-2-4-13(15)9-12/h2-4,9,11,14,16H,5-8,10H2,1H3. The van der Waals surface area contributed by atoms with Crippen LogP contribution in [0.5, 0.6) is 0 Å². The monoisotopic (exact) mass is 281 g/mol. The first-order chi connectivity index (χ1) is 7.74. The van der Waals surface area contributed by atoms with Crippen molar-refractivity contribution in [3.8, 4) is 0 Å². The molecule has 1 aromatic rings. The molecular weight excluding hydrogens is 262 g/mol. The van der Waals surface area contributed by atoms with E-state index in [4.69, 9.17) is 0 Å². The normalized spacial score (nSPS) is 17.4. The third kappa shape index (κ3) is 4.26. The Balaban J connectivity index is 1.69. The summed E-state index contributed by atoms with van der Waals surface area (Å²) in [6, 6.07) is 9.48. The van der Waals surface area contributed by atoms with Crippen LogP contribution >= 0.6 is 15.9 Å². The van der Waals surface area contributed by atoms with Gasteiger partial charge in [-0.25, -0.2) is 0 Å². The van der Waals surface area contributed by atoms with Crippen LogP contribution in [0.15, 0.2) is 28.7 Å². The topological polar surface area (TPSA) is 12.0 Å². The van der Waals surface area contributed by atoms with E-state index in [-0.39, 0.29) is 0 Å². The third-order valence-corrected chi connectivity index (χ3v) is 3.64. The van der Waals surface area contributed by atoms with Gasteiger partial charge in [0.1, 0.15) is 0 Å². The predicted octanol–water partition coefficient (Wildman–Crippen LogP) is 3.77. The molecule has 2 rings (SSSR count). The van der Waals surface area contributed by atoms with Gasteiger partial charge >= 0.3 is 0 Å². The van der Waals surface area contributed by atoms with Crippen LogP contribution in [-0.2, 0) is 6.42 Å². The average Bonchev–Trinajstić information content (AvgIpc) is 3.07. The minimum atomic E-state index is 0.777. The van der Waals surface area contributed by atoms with Gasteiger partial charge in [0.2, 0.25) is 0 Å². The lowest BCUT2D eigenvalue weighted by atomic mass is 10.0. The maximum absolute atomic E-state index is 3.59. The number of hydrogen-bond acceptors (Lipinski definition) is 1. The van der Waals surface area contributed by atoms with Crippen molar-refractivity contribution < 1.29 is 0 Å². The van der Waals surface area contributed by atoms with E-state index in [1.54, 1.807) is 0 Å². The zero-order valence-corrected chi connectivity index (χ0v) is 11.5. The Morgan fingerprint density at radius 2 is 2.25 bits per heavy atom. The Labute approximate surface area is 107 Å². The highest BCUT2D eigenvalue weighted by atomic mass is 79.9. The molecule has 16 heavy (non-hydrogen) atoms. The fourth-order valence-corrected chi connectivity index (χ4v) is 2.31. The maximum atomic E-state index is 3.59. The Kier molecular flexibility index (Phi) is 4.42. The summed E-state index contributed by atoms with van der Waals surface area (Å²) in [5.41, 5.74) is 1.44. The van der Waals surface area contributed by atoms with Crippen molar-refractivity contribution in [1.29, 1.82) is 0 Å². The minimum Gasteiger partial charge on any atom is -0.314 e. The van der Waals surface area contributed by atoms with Gasteiger partial charge < -0.3 is 5.32 Å². The van der Waals surface area contributed by atoms with Crippen molar-refractivity contribution in [3.63, 3.8) is 0 Å². The fourth-order valence-electron chi connectivity index (χ4n) is 1.86. The van der Waals surface area contributed by atoms with Crippen LogP contribution < -0.4 is 5.32 Å². The predicted molar refractivity (Wildman–Crippen MR) is 72.7 cm³/mol. The molecule has 0 saturated heterocycles. The largest absolute Gasteiger partial charge is 0.314 e. The van der Waals surface area contributed by atoms with Gasteiger partial charge in [-0.3, -0.25) is 0 Å². The molecule has 0 aromatic heterocycles. The van der Waals surface area contributed by atoms with Crippen LogP contribution in [0.3, 0.4) is 0 Å². The van der Waals surface area contributed by atoms with E-state index in [1.807, 2.05) is 0 Å². The van der Waals surface area contributed by atoms with Crippen LogP contribution in [0.1, 0.15) is 31.7 Å². The van der Waals surface area contributed by atoms with Crippen molar-refractivity contribution in [1.82, 2.24) is 5.32 Å². The Bertz CT molecular complexity index is 333. The molecule has 1 atom stereocenters. The lowest BCUT2D eigenvalue weighted by Gasteiger charge is -2.12. The Hall–Kier alpha value is -0.340. The molecule has 0 aliphatic heterocycles. The van der Waals surface area contributed by atoms with Crippen molar-refractivity contribution in [3.05, 3.63) is 34.3 Å². The Morgan fingerprint density at radius 3 is 2.94 bits per heavy atom. The molecule has 0 heterocycles. The van der Waals surface area contributed by atoms with Gasteiger partial charge in [-0.2, -0.15) is 0 Å². The second-order valence-electron chi connectivity index (χ2n) is 4.96. The molecule has 1 aliphatic carbocycles. The van der Waals surface area contributed by atoms with E-state index in [9.17, 15) is 0 Å². The van der Waals surface area contributed by atoms with E-state index < -0.39 is 0 Å². The van der Waals surface area contributed by atoms with Crippen molar-refractivity contribution in [2.75, 3.05) is 6.54 Å². The van der Waals surface area contributed by atoms with Gasteiger partial charge in [0.05, 0.1) is 0 Å². The summed E-state index contributed by atoms with van der Waals surface area (Å²) in [7, 11) is 0. The molecule has 0 spiro atoms. The van der Waals surface area contributed by atoms with Gasteiger partial charge in [0.15, 0.2) is 0 Å². The highest BCUT2D eigenvalue weighted by Crippen LogP contribution is 2.20. The Morgan fingerprint density at radius 1 is 1.44 bits per heavy atom. The number of nitrogens with one attached hydrogen (secondary N) is 1. The van der Waals surface area contributed by atoms with Crippen LogP contribution in [-0.4, -0.2) is 12.6 Å². The molecule has 1 aliphatic rings. The second kappa shape index (κ2) is 5.83. The number of rotatable bonds is 6. The molecular formula is C14H20BrN. The molecule has 1 unspecified atom stereocenters. The van der Waals surface area contributed by atoms with E-state index in [0.29, 0.717) is 0 Å². The van der Waals surface area contributed by atoms with Crippen LogP contribution in [0.4, 0.5) is 0 Å². The van der Waals surface area contributed by atoms with E-state index in [2.05, 4.69) is 52.4 Å². The molecule has 2 heteroatoms. The summed E-state index contributed by atoms with van der Waals surface area (Å²) in [4.78, 5) is 0. The number of benzene rings is 1. The lowest BCUT2D eigenvalue weighted by Crippen LogP contribution is -2.23. The second-order valence-corrected chi connectivity index (χ2v) is 5.87. The summed E-state index contributed by atoms with van der Waals surface area (Å²) < 4.78 is 1.19. The van der Waals surface area contributed by atoms with Gasteiger partial charge in [-0.1, -0.05) is 35.0 Å². The third-order valence-electron chi connectivity index (χ3n) is 3.15. The number of halogens is 1. The van der Waals surface area contributed by atoms with E-state index in [1.165, 1.54) is 42.3 Å². The quantitative estimate of drug-likeness (QED) is 0.837. The van der Waals surface area contributed by atoms with Gasteiger partial charge in [0, 0.05) is 10.5 Å². The summed E-state index contributed by atoms with van der Waals surface area (Å²) in [6.45, 7) is 3.52. The molecule has 1 nitrogen and oxygen atoms in total. The zero-order chi connectivity index (χ0) is 11.4. The molecule has 0 bridgehead atoms. The molecule has 1 saturated carbocycles. The SMILES string of the molecule is CC(CCc1cccc(Br)c1)CNC1CC1. The number of aryl methyl sites for hydroxylation is 1. The highest BCUT2D eigenvalue weighted by molar-refractivity contribution is 9.10. The van der Waals surface area contributed by atoms with Gasteiger partial charge in [-0.15, -0.1) is 0 Å². The molecule has 1 aromatic carbocycles. The van der Waals surface area contributed by atoms with Crippen LogP contribution in [0.2, 0.25) is 0 Å². The molecule has 88 valence electrons. The zero-order valence-electron chi connectivity index (χ0n) is 9.88. The first kappa shape index (κ1) is 12.1. The number of hydrogen-bond donors (Lipinski definition) is 1. The minimum absolute atomic E-state index is 0.777. The van der Waals surface area contributed by atoms with Crippen LogP contribution in [0.25, 0.3) is 0 Å². The smallest absolute Gasteiger partial charge is 0.0177 e. The lowest BCUT2D eigenvalue weighted by molar-refractivity contribution is 0.480. The van der Waals surface area contributed by atoms with Crippen LogP contribution in [0, 0.1) is 5.92 Å². The van der Waals surface area contributed by atoms with Gasteiger partial charge in [-0.05, 0) is 55.8 Å². The fraction of sp³-hybridized carbons (Fsp3) is 0.571. The van der Waals surface area contributed by atoms with Crippen molar-refractivity contribution in [2.45, 2.75) is 38.6 Å².